The minimum absolute atomic E-state index is 0.0277. The first-order valence-corrected chi connectivity index (χ1v) is 13.1. The maximum Gasteiger partial charge on any atom is 0.273 e. The molecule has 0 N–H and O–H groups in total. The zero-order valence-corrected chi connectivity index (χ0v) is 20.7. The van der Waals surface area contributed by atoms with Crippen molar-refractivity contribution in [3.8, 4) is 0 Å². The molecule has 1 aromatic carbocycles. The molecule has 0 spiro atoms. The van der Waals surface area contributed by atoms with Crippen LogP contribution >= 0.6 is 38.9 Å². The molecule has 3 heterocycles. The van der Waals surface area contributed by atoms with Gasteiger partial charge in [-0.1, -0.05) is 29.8 Å². The standard InChI is InChI=1S/C20H23BrClN3O3S2/c1-23-9-7-13(8-10-23)24(2)20(26)15-12-25(17-6-4-3-5-14(15)17)30(27,28)18-11-16(21)19(22)29-18/h3-6,11,13,15H,7-10,12H2,1-2H3. The molecule has 1 unspecified atom stereocenters. The molecule has 30 heavy (non-hydrogen) atoms. The van der Waals surface area contributed by atoms with Crippen LogP contribution in [0.5, 0.6) is 0 Å². The molecule has 0 saturated carbocycles. The molecule has 2 aliphatic heterocycles. The molecule has 1 aromatic heterocycles. The Balaban J connectivity index is 1.63. The number of sulfonamides is 1. The number of likely N-dealkylation sites (tertiary alicyclic amines) is 1. The van der Waals surface area contributed by atoms with Crippen LogP contribution in [0.25, 0.3) is 0 Å². The van der Waals surface area contributed by atoms with Gasteiger partial charge in [0.1, 0.15) is 8.55 Å². The van der Waals surface area contributed by atoms with Gasteiger partial charge in [-0.25, -0.2) is 8.42 Å². The lowest BCUT2D eigenvalue weighted by molar-refractivity contribution is -0.134. The summed E-state index contributed by atoms with van der Waals surface area (Å²) in [5, 5.41) is 0. The minimum Gasteiger partial charge on any atom is -0.342 e. The number of thiophene rings is 1. The van der Waals surface area contributed by atoms with Gasteiger partial charge in [-0.2, -0.15) is 0 Å². The van der Waals surface area contributed by atoms with Gasteiger partial charge < -0.3 is 9.80 Å². The number of fused-ring (bicyclic) bond motifs is 1. The van der Waals surface area contributed by atoms with Crippen molar-refractivity contribution in [3.63, 3.8) is 0 Å². The van der Waals surface area contributed by atoms with E-state index < -0.39 is 15.9 Å². The zero-order valence-electron chi connectivity index (χ0n) is 16.7. The van der Waals surface area contributed by atoms with Crippen molar-refractivity contribution in [3.05, 3.63) is 44.7 Å². The van der Waals surface area contributed by atoms with Crippen molar-refractivity contribution in [2.75, 3.05) is 38.0 Å². The number of anilines is 1. The predicted octanol–water partition coefficient (Wildman–Crippen LogP) is 4.01. The van der Waals surface area contributed by atoms with Gasteiger partial charge in [0.05, 0.1) is 18.2 Å². The molecule has 2 aromatic rings. The third kappa shape index (κ3) is 3.90. The molecule has 1 amide bonds. The Kier molecular flexibility index (Phi) is 6.20. The van der Waals surface area contributed by atoms with E-state index in [0.717, 1.165) is 42.8 Å². The quantitative estimate of drug-likeness (QED) is 0.597. The molecular formula is C20H23BrClN3O3S2. The van der Waals surface area contributed by atoms with Crippen LogP contribution in [0.1, 0.15) is 24.3 Å². The van der Waals surface area contributed by atoms with Crippen molar-refractivity contribution in [1.29, 1.82) is 0 Å². The maximum atomic E-state index is 13.4. The Hall–Kier alpha value is -1.13. The minimum atomic E-state index is -3.82. The van der Waals surface area contributed by atoms with Gasteiger partial charge in [0.25, 0.3) is 10.0 Å². The first-order chi connectivity index (χ1) is 14.2. The summed E-state index contributed by atoms with van der Waals surface area (Å²) in [6, 6.07) is 8.96. The largest absolute Gasteiger partial charge is 0.342 e. The van der Waals surface area contributed by atoms with Crippen molar-refractivity contribution >= 4 is 60.5 Å². The topological polar surface area (TPSA) is 60.9 Å². The number of nitrogens with zero attached hydrogens (tertiary/aromatic N) is 3. The Bertz CT molecular complexity index is 1050. The van der Waals surface area contributed by atoms with E-state index in [4.69, 9.17) is 11.6 Å². The highest BCUT2D eigenvalue weighted by Gasteiger charge is 2.42. The molecule has 0 bridgehead atoms. The summed E-state index contributed by atoms with van der Waals surface area (Å²) in [7, 11) is 0.110. The van der Waals surface area contributed by atoms with Crippen LogP contribution in [0.15, 0.2) is 39.0 Å². The highest BCUT2D eigenvalue weighted by atomic mass is 79.9. The third-order valence-electron chi connectivity index (χ3n) is 5.98. The van der Waals surface area contributed by atoms with Crippen molar-refractivity contribution < 1.29 is 13.2 Å². The van der Waals surface area contributed by atoms with Crippen LogP contribution < -0.4 is 4.31 Å². The van der Waals surface area contributed by atoms with E-state index in [0.29, 0.717) is 14.5 Å². The summed E-state index contributed by atoms with van der Waals surface area (Å²) < 4.78 is 29.2. The van der Waals surface area contributed by atoms with Crippen LogP contribution in [-0.2, 0) is 14.8 Å². The molecule has 1 saturated heterocycles. The second-order valence-corrected chi connectivity index (χ2v) is 12.4. The molecular weight excluding hydrogens is 510 g/mol. The first kappa shape index (κ1) is 22.1. The maximum absolute atomic E-state index is 13.4. The van der Waals surface area contributed by atoms with Gasteiger partial charge in [-0.3, -0.25) is 9.10 Å². The number of amides is 1. The molecule has 1 atom stereocenters. The number of hydrogen-bond acceptors (Lipinski definition) is 5. The number of likely N-dealkylation sites (N-methyl/N-ethyl adjacent to an activating group) is 1. The number of hydrogen-bond donors (Lipinski definition) is 0. The molecule has 0 aliphatic carbocycles. The van der Waals surface area contributed by atoms with E-state index in [2.05, 4.69) is 27.9 Å². The number of halogens is 2. The van der Waals surface area contributed by atoms with Crippen molar-refractivity contribution in [1.82, 2.24) is 9.80 Å². The van der Waals surface area contributed by atoms with Gasteiger partial charge in [0.15, 0.2) is 0 Å². The van der Waals surface area contributed by atoms with E-state index in [-0.39, 0.29) is 22.7 Å². The monoisotopic (exact) mass is 531 g/mol. The van der Waals surface area contributed by atoms with Gasteiger partial charge in [0, 0.05) is 17.6 Å². The normalized spacial score (nSPS) is 20.4. The van der Waals surface area contributed by atoms with E-state index >= 15 is 0 Å². The van der Waals surface area contributed by atoms with E-state index in [9.17, 15) is 13.2 Å². The van der Waals surface area contributed by atoms with Gasteiger partial charge in [0.2, 0.25) is 5.91 Å². The van der Waals surface area contributed by atoms with Crippen LogP contribution in [0, 0.1) is 0 Å². The van der Waals surface area contributed by atoms with Crippen molar-refractivity contribution in [2.45, 2.75) is 29.0 Å². The summed E-state index contributed by atoms with van der Waals surface area (Å²) in [6.07, 6.45) is 1.85. The lowest BCUT2D eigenvalue weighted by Gasteiger charge is -2.36. The Morgan fingerprint density at radius 2 is 1.93 bits per heavy atom. The molecule has 2 aliphatic rings. The Morgan fingerprint density at radius 3 is 2.57 bits per heavy atom. The fourth-order valence-electron chi connectivity index (χ4n) is 4.18. The SMILES string of the molecule is CN1CCC(N(C)C(=O)C2CN(S(=O)(=O)c3cc(Br)c(Cl)s3)c3ccccc32)CC1. The smallest absolute Gasteiger partial charge is 0.273 e. The number of para-hydroxylation sites is 1. The lowest BCUT2D eigenvalue weighted by atomic mass is 9.97. The third-order valence-corrected chi connectivity index (χ3v) is 10.7. The summed E-state index contributed by atoms with van der Waals surface area (Å²) in [4.78, 5) is 17.5. The second-order valence-electron chi connectivity index (χ2n) is 7.82. The summed E-state index contributed by atoms with van der Waals surface area (Å²) in [6.45, 7) is 2.01. The number of rotatable bonds is 4. The lowest BCUT2D eigenvalue weighted by Crippen LogP contribution is -2.46. The van der Waals surface area contributed by atoms with E-state index in [1.165, 1.54) is 10.4 Å². The van der Waals surface area contributed by atoms with Crippen LogP contribution in [-0.4, -0.2) is 63.9 Å². The van der Waals surface area contributed by atoms with Crippen LogP contribution in [0.2, 0.25) is 4.34 Å². The predicted molar refractivity (Wildman–Crippen MR) is 124 cm³/mol. The van der Waals surface area contributed by atoms with Crippen LogP contribution in [0.4, 0.5) is 5.69 Å². The fourth-order valence-corrected chi connectivity index (χ4v) is 8.10. The fraction of sp³-hybridized carbons (Fsp3) is 0.450. The van der Waals surface area contributed by atoms with Gasteiger partial charge >= 0.3 is 0 Å². The molecule has 10 heteroatoms. The molecule has 0 radical (unpaired) electrons. The Labute approximate surface area is 194 Å². The first-order valence-electron chi connectivity index (χ1n) is 9.72. The zero-order chi connectivity index (χ0) is 21.6. The molecule has 4 rings (SSSR count). The van der Waals surface area contributed by atoms with E-state index in [1.54, 1.807) is 12.1 Å². The molecule has 162 valence electrons. The van der Waals surface area contributed by atoms with Gasteiger partial charge in [-0.15, -0.1) is 11.3 Å². The number of carbonyl (C=O) groups is 1. The highest BCUT2D eigenvalue weighted by molar-refractivity contribution is 9.10. The average molecular weight is 533 g/mol. The highest BCUT2D eigenvalue weighted by Crippen LogP contribution is 2.43. The number of piperidine rings is 1. The van der Waals surface area contributed by atoms with Crippen molar-refractivity contribution in [2.24, 2.45) is 0 Å². The van der Waals surface area contributed by atoms with Gasteiger partial charge in [-0.05, 0) is 66.6 Å². The summed E-state index contributed by atoms with van der Waals surface area (Å²) >= 11 is 10.4. The summed E-state index contributed by atoms with van der Waals surface area (Å²) in [5.74, 6) is -0.542. The molecule has 1 fully saturated rings. The molecule has 6 nitrogen and oxygen atoms in total. The average Bonchev–Trinajstić information content (AvgIpc) is 3.29. The number of benzene rings is 1. The summed E-state index contributed by atoms with van der Waals surface area (Å²) in [5.41, 5.74) is 1.32. The van der Waals surface area contributed by atoms with Crippen LogP contribution in [0.3, 0.4) is 0 Å². The van der Waals surface area contributed by atoms with E-state index in [1.807, 2.05) is 24.1 Å². The Morgan fingerprint density at radius 1 is 1.27 bits per heavy atom. The second kappa shape index (κ2) is 8.43. The number of carbonyl (C=O) groups excluding carboxylic acids is 1.